The Labute approximate surface area is 106 Å². The van der Waals surface area contributed by atoms with E-state index in [0.29, 0.717) is 19.4 Å². The van der Waals surface area contributed by atoms with Crippen molar-refractivity contribution >= 4 is 11.9 Å². The highest BCUT2D eigenvalue weighted by molar-refractivity contribution is 5.83. The number of piperazine rings is 1. The van der Waals surface area contributed by atoms with Gasteiger partial charge in [0.1, 0.15) is 6.10 Å². The molecular formula is C12H20N2O4. The molecule has 0 aliphatic carbocycles. The van der Waals surface area contributed by atoms with Crippen LogP contribution in [0, 0.1) is 0 Å². The van der Waals surface area contributed by atoms with Crippen molar-refractivity contribution in [2.75, 3.05) is 26.7 Å². The number of rotatable bonds is 2. The van der Waals surface area contributed by atoms with E-state index in [-0.39, 0.29) is 11.9 Å². The maximum Gasteiger partial charge on any atom is 0.332 e. The zero-order valence-corrected chi connectivity index (χ0v) is 10.8. The number of ether oxygens (including phenoxy) is 1. The molecule has 2 fully saturated rings. The summed E-state index contributed by atoms with van der Waals surface area (Å²) < 4.78 is 5.31. The zero-order valence-electron chi connectivity index (χ0n) is 10.8. The predicted molar refractivity (Wildman–Crippen MR) is 64.2 cm³/mol. The van der Waals surface area contributed by atoms with Crippen LogP contribution in [0.2, 0.25) is 0 Å². The maximum atomic E-state index is 12.3. The molecule has 0 aromatic rings. The summed E-state index contributed by atoms with van der Waals surface area (Å²) in [6.45, 7) is 4.40. The lowest BCUT2D eigenvalue weighted by Gasteiger charge is -2.39. The van der Waals surface area contributed by atoms with Crippen LogP contribution in [0.25, 0.3) is 0 Å². The Balaban J connectivity index is 1.94. The van der Waals surface area contributed by atoms with Crippen LogP contribution < -0.4 is 0 Å². The standard InChI is InChI=1S/C12H20N2O4/c1-8-7-13(2)5-6-14(8)11(15)9-3-4-10(18-9)12(16)17/h8-10H,3-7H2,1-2H3,(H,16,17)/t8?,9-,10+/m0/s1. The summed E-state index contributed by atoms with van der Waals surface area (Å²) in [7, 11) is 2.03. The van der Waals surface area contributed by atoms with Crippen LogP contribution in [0.1, 0.15) is 19.8 Å². The van der Waals surface area contributed by atoms with Gasteiger partial charge in [-0.15, -0.1) is 0 Å². The minimum absolute atomic E-state index is 0.0562. The first-order chi connectivity index (χ1) is 8.49. The highest BCUT2D eigenvalue weighted by Gasteiger charge is 2.38. The van der Waals surface area contributed by atoms with Crippen molar-refractivity contribution in [3.8, 4) is 0 Å². The zero-order chi connectivity index (χ0) is 13.3. The number of carbonyl (C=O) groups is 2. The van der Waals surface area contributed by atoms with Crippen molar-refractivity contribution in [1.29, 1.82) is 0 Å². The van der Waals surface area contributed by atoms with E-state index in [1.807, 2.05) is 18.9 Å². The SMILES string of the molecule is CC1CN(C)CCN1C(=O)[C@@H]1CC[C@H](C(=O)O)O1. The molecule has 18 heavy (non-hydrogen) atoms. The number of likely N-dealkylation sites (N-methyl/N-ethyl adjacent to an activating group) is 1. The van der Waals surface area contributed by atoms with Crippen molar-refractivity contribution in [1.82, 2.24) is 9.80 Å². The van der Waals surface area contributed by atoms with Gasteiger partial charge in [-0.05, 0) is 26.8 Å². The van der Waals surface area contributed by atoms with Gasteiger partial charge < -0.3 is 19.6 Å². The molecule has 0 aromatic heterocycles. The molecule has 2 rings (SSSR count). The van der Waals surface area contributed by atoms with E-state index in [1.54, 1.807) is 0 Å². The molecule has 3 atom stereocenters. The average molecular weight is 256 g/mol. The molecule has 2 aliphatic rings. The van der Waals surface area contributed by atoms with E-state index >= 15 is 0 Å². The van der Waals surface area contributed by atoms with Gasteiger partial charge in [0.15, 0.2) is 6.10 Å². The second-order valence-corrected chi connectivity index (χ2v) is 5.17. The quantitative estimate of drug-likeness (QED) is 0.739. The number of amides is 1. The largest absolute Gasteiger partial charge is 0.479 e. The monoisotopic (exact) mass is 256 g/mol. The molecule has 6 heteroatoms. The predicted octanol–water partition coefficient (Wildman–Crippen LogP) is -0.219. The molecule has 0 radical (unpaired) electrons. The first kappa shape index (κ1) is 13.3. The molecule has 0 saturated carbocycles. The van der Waals surface area contributed by atoms with Gasteiger partial charge in [-0.25, -0.2) is 4.79 Å². The average Bonchev–Trinajstić information content (AvgIpc) is 2.77. The number of nitrogens with zero attached hydrogens (tertiary/aromatic N) is 2. The van der Waals surface area contributed by atoms with Gasteiger partial charge in [0.05, 0.1) is 0 Å². The van der Waals surface area contributed by atoms with Gasteiger partial charge in [0.25, 0.3) is 5.91 Å². The highest BCUT2D eigenvalue weighted by atomic mass is 16.5. The molecule has 1 N–H and O–H groups in total. The summed E-state index contributed by atoms with van der Waals surface area (Å²) in [5, 5.41) is 8.85. The van der Waals surface area contributed by atoms with E-state index in [9.17, 15) is 9.59 Å². The highest BCUT2D eigenvalue weighted by Crippen LogP contribution is 2.23. The van der Waals surface area contributed by atoms with Gasteiger partial charge in [-0.3, -0.25) is 4.79 Å². The fraction of sp³-hybridized carbons (Fsp3) is 0.833. The summed E-state index contributed by atoms with van der Waals surface area (Å²) in [5.74, 6) is -1.03. The fourth-order valence-electron chi connectivity index (χ4n) is 2.65. The lowest BCUT2D eigenvalue weighted by molar-refractivity contribution is -0.156. The number of carbonyl (C=O) groups excluding carboxylic acids is 1. The van der Waals surface area contributed by atoms with Crippen LogP contribution in [0.3, 0.4) is 0 Å². The van der Waals surface area contributed by atoms with Gasteiger partial charge in [0.2, 0.25) is 0 Å². The van der Waals surface area contributed by atoms with Crippen LogP contribution >= 0.6 is 0 Å². The third-order valence-corrected chi connectivity index (χ3v) is 3.68. The molecule has 1 amide bonds. The Morgan fingerprint density at radius 3 is 2.44 bits per heavy atom. The van der Waals surface area contributed by atoms with Crippen LogP contribution in [0.4, 0.5) is 0 Å². The van der Waals surface area contributed by atoms with Crippen molar-refractivity contribution in [2.45, 2.75) is 38.0 Å². The van der Waals surface area contributed by atoms with Gasteiger partial charge in [-0.1, -0.05) is 0 Å². The minimum atomic E-state index is -0.975. The number of aliphatic carboxylic acids is 1. The molecule has 0 spiro atoms. The smallest absolute Gasteiger partial charge is 0.332 e. The Morgan fingerprint density at radius 2 is 1.89 bits per heavy atom. The van der Waals surface area contributed by atoms with Crippen LogP contribution in [0.5, 0.6) is 0 Å². The van der Waals surface area contributed by atoms with E-state index in [4.69, 9.17) is 9.84 Å². The molecule has 0 bridgehead atoms. The van der Waals surface area contributed by atoms with Gasteiger partial charge >= 0.3 is 5.97 Å². The van der Waals surface area contributed by atoms with E-state index < -0.39 is 18.2 Å². The number of hydrogen-bond donors (Lipinski definition) is 1. The van der Waals surface area contributed by atoms with E-state index in [0.717, 1.165) is 13.1 Å². The number of carboxylic acid groups (broad SMARTS) is 1. The lowest BCUT2D eigenvalue weighted by atomic mass is 10.1. The molecule has 2 heterocycles. The Kier molecular flexibility index (Phi) is 3.87. The number of carboxylic acids is 1. The van der Waals surface area contributed by atoms with Crippen LogP contribution in [0.15, 0.2) is 0 Å². The summed E-state index contributed by atoms with van der Waals surface area (Å²) in [6, 6.07) is 0.156. The first-order valence-corrected chi connectivity index (χ1v) is 6.36. The van der Waals surface area contributed by atoms with Crippen molar-refractivity contribution in [2.24, 2.45) is 0 Å². The Hall–Kier alpha value is -1.14. The Morgan fingerprint density at radius 1 is 1.22 bits per heavy atom. The third-order valence-electron chi connectivity index (χ3n) is 3.68. The van der Waals surface area contributed by atoms with Crippen LogP contribution in [-0.2, 0) is 14.3 Å². The summed E-state index contributed by atoms with van der Waals surface area (Å²) >= 11 is 0. The fourth-order valence-corrected chi connectivity index (χ4v) is 2.65. The molecule has 2 saturated heterocycles. The molecule has 2 aliphatic heterocycles. The topological polar surface area (TPSA) is 70.1 Å². The second-order valence-electron chi connectivity index (χ2n) is 5.17. The lowest BCUT2D eigenvalue weighted by Crippen LogP contribution is -2.55. The second kappa shape index (κ2) is 5.24. The molecule has 0 aromatic carbocycles. The minimum Gasteiger partial charge on any atom is -0.479 e. The summed E-state index contributed by atoms with van der Waals surface area (Å²) in [5.41, 5.74) is 0. The molecular weight excluding hydrogens is 236 g/mol. The van der Waals surface area contributed by atoms with Crippen molar-refractivity contribution in [3.63, 3.8) is 0 Å². The summed E-state index contributed by atoms with van der Waals surface area (Å²) in [4.78, 5) is 27.1. The normalized spacial score (nSPS) is 33.7. The van der Waals surface area contributed by atoms with Gasteiger partial charge in [0, 0.05) is 25.7 Å². The number of hydrogen-bond acceptors (Lipinski definition) is 4. The molecule has 1 unspecified atom stereocenters. The Bertz CT molecular complexity index is 347. The maximum absolute atomic E-state index is 12.3. The van der Waals surface area contributed by atoms with Crippen molar-refractivity contribution in [3.05, 3.63) is 0 Å². The van der Waals surface area contributed by atoms with Crippen molar-refractivity contribution < 1.29 is 19.4 Å². The van der Waals surface area contributed by atoms with E-state index in [2.05, 4.69) is 4.90 Å². The molecule has 102 valence electrons. The van der Waals surface area contributed by atoms with Crippen LogP contribution in [-0.4, -0.2) is 71.7 Å². The van der Waals surface area contributed by atoms with E-state index in [1.165, 1.54) is 0 Å². The summed E-state index contributed by atoms with van der Waals surface area (Å²) in [6.07, 6.45) is -0.457. The van der Waals surface area contributed by atoms with Gasteiger partial charge in [-0.2, -0.15) is 0 Å². The molecule has 6 nitrogen and oxygen atoms in total. The first-order valence-electron chi connectivity index (χ1n) is 6.36. The third kappa shape index (κ3) is 2.64.